The van der Waals surface area contributed by atoms with Crippen LogP contribution < -0.4 is 4.90 Å². The maximum Gasteiger partial charge on any atom is 0.0699 e. The van der Waals surface area contributed by atoms with E-state index >= 15 is 0 Å². The van der Waals surface area contributed by atoms with Crippen molar-refractivity contribution in [3.05, 3.63) is 64.1 Å². The van der Waals surface area contributed by atoms with E-state index in [0.29, 0.717) is 10.0 Å². The summed E-state index contributed by atoms with van der Waals surface area (Å²) < 4.78 is 0.943. The lowest BCUT2D eigenvalue weighted by molar-refractivity contribution is 0.456. The first kappa shape index (κ1) is 17.9. The van der Waals surface area contributed by atoms with Gasteiger partial charge in [-0.25, -0.2) is 0 Å². The first-order valence-corrected chi connectivity index (χ1v) is 9.60. The van der Waals surface area contributed by atoms with Crippen LogP contribution in [-0.4, -0.2) is 11.1 Å². The lowest BCUT2D eigenvalue weighted by Crippen LogP contribution is -2.38. The molecule has 0 aliphatic heterocycles. The third-order valence-electron chi connectivity index (χ3n) is 4.20. The van der Waals surface area contributed by atoms with Crippen LogP contribution in [0.25, 0.3) is 0 Å². The van der Waals surface area contributed by atoms with Gasteiger partial charge in [-0.15, -0.1) is 0 Å². The number of halogens is 3. The third kappa shape index (κ3) is 4.09. The van der Waals surface area contributed by atoms with E-state index in [1.54, 1.807) is 0 Å². The fourth-order valence-electron chi connectivity index (χ4n) is 2.54. The van der Waals surface area contributed by atoms with Crippen LogP contribution in [-0.2, 0) is 5.41 Å². The minimum Gasteiger partial charge on any atom is -0.361 e. The van der Waals surface area contributed by atoms with Crippen LogP contribution in [0.2, 0.25) is 10.0 Å². The van der Waals surface area contributed by atoms with Crippen molar-refractivity contribution in [2.45, 2.75) is 25.7 Å². The van der Waals surface area contributed by atoms with Crippen LogP contribution in [0.1, 0.15) is 25.8 Å². The Labute approximate surface area is 156 Å². The lowest BCUT2D eigenvalue weighted by Gasteiger charge is -2.36. The van der Waals surface area contributed by atoms with E-state index < -0.39 is 0 Å². The van der Waals surface area contributed by atoms with Gasteiger partial charge < -0.3 is 4.90 Å². The van der Waals surface area contributed by atoms with E-state index in [9.17, 15) is 0 Å². The molecule has 2 rings (SSSR count). The second kappa shape index (κ2) is 7.89. The predicted octanol–water partition coefficient (Wildman–Crippen LogP) is 6.56. The average Bonchev–Trinajstić information content (AvgIpc) is 2.55. The Morgan fingerprint density at radius 2 is 1.73 bits per heavy atom. The van der Waals surface area contributed by atoms with Gasteiger partial charge in [-0.3, -0.25) is 0 Å². The van der Waals surface area contributed by atoms with E-state index in [-0.39, 0.29) is 5.41 Å². The molecule has 0 saturated carbocycles. The SMILES string of the molecule is CCC(C)(CN(CI)c1ccccc1)c1ccc(Cl)c(Cl)c1. The van der Waals surface area contributed by atoms with E-state index in [2.05, 4.69) is 71.7 Å². The van der Waals surface area contributed by atoms with Gasteiger partial charge >= 0.3 is 0 Å². The molecule has 0 amide bonds. The number of hydrogen-bond donors (Lipinski definition) is 0. The van der Waals surface area contributed by atoms with Crippen LogP contribution in [0.15, 0.2) is 48.5 Å². The second-order valence-corrected chi connectivity index (χ2v) is 7.19. The number of para-hydroxylation sites is 1. The standard InChI is InChI=1S/C18H20Cl2IN/c1-3-18(2,14-9-10-16(19)17(20)11-14)12-22(13-21)15-7-5-4-6-8-15/h4-11H,3,12-13H2,1-2H3. The van der Waals surface area contributed by atoms with Crippen LogP contribution in [0, 0.1) is 0 Å². The normalized spacial score (nSPS) is 13.7. The number of rotatable bonds is 6. The fraction of sp³-hybridized carbons (Fsp3) is 0.333. The fourth-order valence-corrected chi connectivity index (χ4v) is 3.47. The van der Waals surface area contributed by atoms with E-state index in [0.717, 1.165) is 17.5 Å². The Morgan fingerprint density at radius 3 is 2.27 bits per heavy atom. The van der Waals surface area contributed by atoms with E-state index in [1.807, 2.05) is 18.2 Å². The largest absolute Gasteiger partial charge is 0.361 e. The Hall–Kier alpha value is -0.450. The van der Waals surface area contributed by atoms with Crippen LogP contribution in [0.5, 0.6) is 0 Å². The van der Waals surface area contributed by atoms with Crippen molar-refractivity contribution in [2.24, 2.45) is 0 Å². The highest BCUT2D eigenvalue weighted by Crippen LogP contribution is 2.34. The zero-order chi connectivity index (χ0) is 16.2. The summed E-state index contributed by atoms with van der Waals surface area (Å²) in [4.78, 5) is 2.40. The van der Waals surface area contributed by atoms with Gasteiger partial charge in [0.15, 0.2) is 0 Å². The molecule has 1 atom stereocenters. The molecule has 0 fully saturated rings. The summed E-state index contributed by atoms with van der Waals surface area (Å²) in [6.07, 6.45) is 1.03. The summed E-state index contributed by atoms with van der Waals surface area (Å²) in [7, 11) is 0. The van der Waals surface area contributed by atoms with Gasteiger partial charge in [0, 0.05) is 17.6 Å². The molecule has 0 bridgehead atoms. The average molecular weight is 448 g/mol. The molecule has 4 heteroatoms. The van der Waals surface area contributed by atoms with Gasteiger partial charge in [-0.2, -0.15) is 0 Å². The van der Waals surface area contributed by atoms with Crippen molar-refractivity contribution in [1.29, 1.82) is 0 Å². The zero-order valence-electron chi connectivity index (χ0n) is 12.8. The molecule has 2 aromatic rings. The Morgan fingerprint density at radius 1 is 1.05 bits per heavy atom. The first-order valence-electron chi connectivity index (χ1n) is 7.31. The van der Waals surface area contributed by atoms with Gasteiger partial charge in [-0.1, -0.05) is 83.9 Å². The molecule has 0 N–H and O–H groups in total. The number of anilines is 1. The van der Waals surface area contributed by atoms with Gasteiger partial charge in [0.1, 0.15) is 0 Å². The highest BCUT2D eigenvalue weighted by Gasteiger charge is 2.28. The number of alkyl halides is 1. The summed E-state index contributed by atoms with van der Waals surface area (Å²) in [5.74, 6) is 0. The molecule has 0 saturated heterocycles. The van der Waals surface area contributed by atoms with Crippen LogP contribution in [0.3, 0.4) is 0 Å². The van der Waals surface area contributed by atoms with Gasteiger partial charge in [0.2, 0.25) is 0 Å². The van der Waals surface area contributed by atoms with Crippen molar-refractivity contribution in [2.75, 3.05) is 16.0 Å². The molecule has 118 valence electrons. The molecule has 1 unspecified atom stereocenters. The maximum absolute atomic E-state index is 6.22. The molecule has 0 heterocycles. The minimum absolute atomic E-state index is 0.0231. The third-order valence-corrected chi connectivity index (χ3v) is 5.76. The topological polar surface area (TPSA) is 3.24 Å². The zero-order valence-corrected chi connectivity index (χ0v) is 16.5. The van der Waals surface area contributed by atoms with Crippen molar-refractivity contribution in [3.8, 4) is 0 Å². The highest BCUT2D eigenvalue weighted by atomic mass is 127. The summed E-state index contributed by atoms with van der Waals surface area (Å²) in [6, 6.07) is 16.5. The minimum atomic E-state index is 0.0231. The van der Waals surface area contributed by atoms with Crippen LogP contribution in [0.4, 0.5) is 5.69 Å². The van der Waals surface area contributed by atoms with Crippen molar-refractivity contribution < 1.29 is 0 Å². The Balaban J connectivity index is 2.31. The molecule has 2 aromatic carbocycles. The molecule has 0 spiro atoms. The van der Waals surface area contributed by atoms with E-state index in [1.165, 1.54) is 11.3 Å². The molecule has 0 radical (unpaired) electrons. The quantitative estimate of drug-likeness (QED) is 0.275. The van der Waals surface area contributed by atoms with Crippen LogP contribution >= 0.6 is 45.8 Å². The van der Waals surface area contributed by atoms with Gasteiger partial charge in [0.25, 0.3) is 0 Å². The number of nitrogens with zero attached hydrogens (tertiary/aromatic N) is 1. The molecule has 1 nitrogen and oxygen atoms in total. The molecular formula is C18H20Cl2IN. The van der Waals surface area contributed by atoms with E-state index in [4.69, 9.17) is 23.2 Å². The van der Waals surface area contributed by atoms with Gasteiger partial charge in [0.05, 0.1) is 14.6 Å². The Kier molecular flexibility index (Phi) is 6.42. The number of benzene rings is 2. The lowest BCUT2D eigenvalue weighted by atomic mass is 9.79. The van der Waals surface area contributed by atoms with Gasteiger partial charge in [-0.05, 0) is 36.2 Å². The smallest absolute Gasteiger partial charge is 0.0699 e. The highest BCUT2D eigenvalue weighted by molar-refractivity contribution is 14.1. The molecular weight excluding hydrogens is 428 g/mol. The second-order valence-electron chi connectivity index (χ2n) is 5.70. The predicted molar refractivity (Wildman–Crippen MR) is 107 cm³/mol. The Bertz CT molecular complexity index is 618. The maximum atomic E-state index is 6.22. The monoisotopic (exact) mass is 447 g/mol. The van der Waals surface area contributed by atoms with Crippen molar-refractivity contribution in [3.63, 3.8) is 0 Å². The molecule has 0 aromatic heterocycles. The first-order chi connectivity index (χ1) is 10.5. The molecule has 0 aliphatic carbocycles. The van der Waals surface area contributed by atoms with Crippen molar-refractivity contribution in [1.82, 2.24) is 0 Å². The summed E-state index contributed by atoms with van der Waals surface area (Å²) in [5.41, 5.74) is 2.50. The molecule has 22 heavy (non-hydrogen) atoms. The molecule has 0 aliphatic rings. The number of hydrogen-bond acceptors (Lipinski definition) is 1. The van der Waals surface area contributed by atoms with Crippen molar-refractivity contribution >= 4 is 51.5 Å². The summed E-state index contributed by atoms with van der Waals surface area (Å²) in [5, 5.41) is 1.23. The summed E-state index contributed by atoms with van der Waals surface area (Å²) in [6.45, 7) is 5.45. The summed E-state index contributed by atoms with van der Waals surface area (Å²) >= 11 is 14.7.